The van der Waals surface area contributed by atoms with Gasteiger partial charge in [-0.25, -0.2) is 9.37 Å². The van der Waals surface area contributed by atoms with E-state index >= 15 is 0 Å². The van der Waals surface area contributed by atoms with E-state index in [9.17, 15) is 9.18 Å². The topological polar surface area (TPSA) is 52.3 Å². The molecule has 3 rings (SSSR count). The molecule has 0 bridgehead atoms. The standard InChI is InChI=1S/C20H23ClFNO3/c1-12-6-8-20(9-7-12,15-5-4-14(22)10-16(15)21)19-23-17(13(2)26-19)11-18(24)25-3/h4-5,10,12H,6-9,11H2,1-3H3. The average molecular weight is 380 g/mol. The molecule has 1 aromatic heterocycles. The van der Waals surface area contributed by atoms with Crippen LogP contribution >= 0.6 is 11.6 Å². The van der Waals surface area contributed by atoms with Gasteiger partial charge in [0.15, 0.2) is 0 Å². The highest BCUT2D eigenvalue weighted by Crippen LogP contribution is 2.48. The van der Waals surface area contributed by atoms with Gasteiger partial charge in [-0.2, -0.15) is 0 Å². The van der Waals surface area contributed by atoms with Crippen molar-refractivity contribution in [1.29, 1.82) is 0 Å². The van der Waals surface area contributed by atoms with Crippen LogP contribution in [0, 0.1) is 18.7 Å². The number of methoxy groups -OCH3 is 1. The van der Waals surface area contributed by atoms with Crippen molar-refractivity contribution in [3.05, 3.63) is 51.9 Å². The maximum atomic E-state index is 13.6. The minimum Gasteiger partial charge on any atom is -0.469 e. The van der Waals surface area contributed by atoms with E-state index in [0.717, 1.165) is 31.2 Å². The van der Waals surface area contributed by atoms with Crippen molar-refractivity contribution in [3.8, 4) is 0 Å². The van der Waals surface area contributed by atoms with E-state index < -0.39 is 5.41 Å². The number of halogens is 2. The second-order valence-corrected chi connectivity index (χ2v) is 7.57. The molecule has 6 heteroatoms. The summed E-state index contributed by atoms with van der Waals surface area (Å²) in [6, 6.07) is 4.49. The van der Waals surface area contributed by atoms with E-state index in [4.69, 9.17) is 20.8 Å². The van der Waals surface area contributed by atoms with Gasteiger partial charge in [0.1, 0.15) is 11.6 Å². The Morgan fingerprint density at radius 3 is 2.73 bits per heavy atom. The molecule has 4 nitrogen and oxygen atoms in total. The molecular formula is C20H23ClFNO3. The highest BCUT2D eigenvalue weighted by Gasteiger charge is 2.43. The molecule has 0 unspecified atom stereocenters. The van der Waals surface area contributed by atoms with Gasteiger partial charge in [-0.15, -0.1) is 0 Å². The third-order valence-corrected chi connectivity index (χ3v) is 5.73. The Balaban J connectivity index is 2.07. The van der Waals surface area contributed by atoms with Crippen LogP contribution in [0.25, 0.3) is 0 Å². The van der Waals surface area contributed by atoms with Crippen LogP contribution in [-0.4, -0.2) is 18.1 Å². The Morgan fingerprint density at radius 2 is 2.12 bits per heavy atom. The molecule has 0 amide bonds. The summed E-state index contributed by atoms with van der Waals surface area (Å²) < 4.78 is 24.3. The van der Waals surface area contributed by atoms with Gasteiger partial charge in [0.25, 0.3) is 0 Å². The smallest absolute Gasteiger partial charge is 0.311 e. The summed E-state index contributed by atoms with van der Waals surface area (Å²) in [5.41, 5.74) is 0.901. The lowest BCUT2D eigenvalue weighted by Crippen LogP contribution is -2.33. The highest BCUT2D eigenvalue weighted by molar-refractivity contribution is 6.31. The fraction of sp³-hybridized carbons (Fsp3) is 0.500. The second kappa shape index (κ2) is 7.39. The summed E-state index contributed by atoms with van der Waals surface area (Å²) in [4.78, 5) is 16.3. The normalized spacial score (nSPS) is 23.0. The van der Waals surface area contributed by atoms with Gasteiger partial charge in [-0.3, -0.25) is 4.79 Å². The molecule has 0 saturated heterocycles. The van der Waals surface area contributed by atoms with Gasteiger partial charge in [-0.05, 0) is 56.2 Å². The van der Waals surface area contributed by atoms with Crippen LogP contribution in [0.15, 0.2) is 22.6 Å². The molecule has 1 aromatic carbocycles. The number of esters is 1. The first-order chi connectivity index (χ1) is 12.4. The van der Waals surface area contributed by atoms with Gasteiger partial charge < -0.3 is 9.15 Å². The highest BCUT2D eigenvalue weighted by atomic mass is 35.5. The summed E-state index contributed by atoms with van der Waals surface area (Å²) in [7, 11) is 1.35. The first kappa shape index (κ1) is 18.9. The summed E-state index contributed by atoms with van der Waals surface area (Å²) in [6.07, 6.45) is 3.70. The number of hydrogen-bond donors (Lipinski definition) is 0. The fourth-order valence-corrected chi connectivity index (χ4v) is 4.08. The molecule has 0 aliphatic heterocycles. The molecule has 0 N–H and O–H groups in total. The molecule has 1 saturated carbocycles. The molecule has 140 valence electrons. The second-order valence-electron chi connectivity index (χ2n) is 7.16. The molecule has 26 heavy (non-hydrogen) atoms. The van der Waals surface area contributed by atoms with E-state index in [0.29, 0.717) is 28.3 Å². The zero-order valence-electron chi connectivity index (χ0n) is 15.3. The molecule has 1 aliphatic carbocycles. The van der Waals surface area contributed by atoms with Crippen LogP contribution in [0.5, 0.6) is 0 Å². The maximum Gasteiger partial charge on any atom is 0.311 e. The Hall–Kier alpha value is -1.88. The molecule has 0 atom stereocenters. The van der Waals surface area contributed by atoms with Gasteiger partial charge in [-0.1, -0.05) is 24.6 Å². The summed E-state index contributed by atoms with van der Waals surface area (Å²) >= 11 is 6.41. The number of nitrogens with zero attached hydrogens (tertiary/aromatic N) is 1. The third-order valence-electron chi connectivity index (χ3n) is 5.42. The number of benzene rings is 1. The van der Waals surface area contributed by atoms with Crippen molar-refractivity contribution in [2.75, 3.05) is 7.11 Å². The number of carbonyl (C=O) groups is 1. The average Bonchev–Trinajstić information content (AvgIpc) is 2.97. The Bertz CT molecular complexity index is 809. The molecule has 0 spiro atoms. The van der Waals surface area contributed by atoms with E-state index in [1.54, 1.807) is 13.0 Å². The molecule has 1 aliphatic rings. The molecular weight excluding hydrogens is 357 g/mol. The minimum atomic E-state index is -0.504. The monoisotopic (exact) mass is 379 g/mol. The molecule has 0 radical (unpaired) electrons. The quantitative estimate of drug-likeness (QED) is 0.702. The molecule has 1 fully saturated rings. The predicted molar refractivity (Wildman–Crippen MR) is 96.8 cm³/mol. The Labute approximate surface area is 157 Å². The van der Waals surface area contributed by atoms with Crippen LogP contribution in [0.2, 0.25) is 5.02 Å². The van der Waals surface area contributed by atoms with Crippen LogP contribution in [0.1, 0.15) is 55.5 Å². The zero-order valence-corrected chi connectivity index (χ0v) is 16.0. The lowest BCUT2D eigenvalue weighted by atomic mass is 9.66. The number of rotatable bonds is 4. The van der Waals surface area contributed by atoms with E-state index in [1.165, 1.54) is 19.2 Å². The lowest BCUT2D eigenvalue weighted by Gasteiger charge is -2.38. The predicted octanol–water partition coefficient (Wildman–Crippen LogP) is 4.99. The van der Waals surface area contributed by atoms with Gasteiger partial charge >= 0.3 is 5.97 Å². The van der Waals surface area contributed by atoms with Crippen molar-refractivity contribution in [1.82, 2.24) is 4.98 Å². The number of hydrogen-bond acceptors (Lipinski definition) is 4. The van der Waals surface area contributed by atoms with Crippen LogP contribution < -0.4 is 0 Å². The number of aryl methyl sites for hydroxylation is 1. The maximum absolute atomic E-state index is 13.6. The van der Waals surface area contributed by atoms with Crippen LogP contribution in [-0.2, 0) is 21.4 Å². The molecule has 2 aromatic rings. The van der Waals surface area contributed by atoms with E-state index in [1.807, 2.05) is 0 Å². The number of ether oxygens (including phenoxy) is 1. The van der Waals surface area contributed by atoms with Crippen LogP contribution in [0.3, 0.4) is 0 Å². The van der Waals surface area contributed by atoms with Crippen molar-refractivity contribution < 1.29 is 18.3 Å². The van der Waals surface area contributed by atoms with Crippen molar-refractivity contribution >= 4 is 17.6 Å². The van der Waals surface area contributed by atoms with Gasteiger partial charge in [0, 0.05) is 5.02 Å². The number of carbonyl (C=O) groups excluding carboxylic acids is 1. The SMILES string of the molecule is COC(=O)Cc1nc(C2(c3ccc(F)cc3Cl)CCC(C)CC2)oc1C. The van der Waals surface area contributed by atoms with Crippen molar-refractivity contribution in [2.45, 2.75) is 51.4 Å². The zero-order chi connectivity index (χ0) is 18.9. The van der Waals surface area contributed by atoms with E-state index in [-0.39, 0.29) is 18.2 Å². The Kier molecular flexibility index (Phi) is 5.37. The number of aromatic nitrogens is 1. The van der Waals surface area contributed by atoms with Gasteiger partial charge in [0.2, 0.25) is 5.89 Å². The van der Waals surface area contributed by atoms with E-state index in [2.05, 4.69) is 11.9 Å². The molecule has 1 heterocycles. The number of oxazole rings is 1. The van der Waals surface area contributed by atoms with Crippen LogP contribution in [0.4, 0.5) is 4.39 Å². The first-order valence-corrected chi connectivity index (χ1v) is 9.22. The summed E-state index contributed by atoms with van der Waals surface area (Å²) in [6.45, 7) is 4.01. The third kappa shape index (κ3) is 3.50. The van der Waals surface area contributed by atoms with Crippen molar-refractivity contribution in [2.24, 2.45) is 5.92 Å². The lowest BCUT2D eigenvalue weighted by molar-refractivity contribution is -0.139. The Morgan fingerprint density at radius 1 is 1.42 bits per heavy atom. The van der Waals surface area contributed by atoms with Crippen molar-refractivity contribution in [3.63, 3.8) is 0 Å². The summed E-state index contributed by atoms with van der Waals surface area (Å²) in [5.74, 6) is 1.02. The largest absolute Gasteiger partial charge is 0.469 e. The minimum absolute atomic E-state index is 0.0649. The fourth-order valence-electron chi connectivity index (χ4n) is 3.74. The first-order valence-electron chi connectivity index (χ1n) is 8.85. The van der Waals surface area contributed by atoms with Gasteiger partial charge in [0.05, 0.1) is 24.6 Å². The summed E-state index contributed by atoms with van der Waals surface area (Å²) in [5, 5.41) is 0.380.